The third-order valence-electron chi connectivity index (χ3n) is 4.93. The van der Waals surface area contributed by atoms with Crippen molar-refractivity contribution in [3.8, 4) is 5.75 Å². The summed E-state index contributed by atoms with van der Waals surface area (Å²) >= 11 is 12.2. The van der Waals surface area contributed by atoms with Crippen LogP contribution in [0.2, 0.25) is 10.0 Å². The molecule has 1 heterocycles. The molecule has 1 fully saturated rings. The molecule has 0 spiro atoms. The maximum Gasteiger partial charge on any atom is 0.340 e. The van der Waals surface area contributed by atoms with Crippen LogP contribution in [0, 0.1) is 0 Å². The standard InChI is InChI=1S/C24H26Cl2N2O5/c1-3-10-33-24(30)19-15-18(5-6-21(19)28-8-11-32-12-9-28)27-22(29)7-4-16-13-17(25)14-20(26)23(16)31-2/h4-7,13-15H,3,8-12H2,1-2H3,(H,27,29)/b7-4+. The minimum atomic E-state index is -0.428. The summed E-state index contributed by atoms with van der Waals surface area (Å²) in [5, 5.41) is 3.55. The van der Waals surface area contributed by atoms with E-state index in [1.807, 2.05) is 13.0 Å². The van der Waals surface area contributed by atoms with E-state index in [2.05, 4.69) is 10.2 Å². The average molecular weight is 493 g/mol. The molecule has 1 aliphatic rings. The summed E-state index contributed by atoms with van der Waals surface area (Å²) < 4.78 is 16.1. The summed E-state index contributed by atoms with van der Waals surface area (Å²) in [5.74, 6) is -0.399. The summed E-state index contributed by atoms with van der Waals surface area (Å²) in [4.78, 5) is 27.3. The van der Waals surface area contributed by atoms with Gasteiger partial charge in [-0.25, -0.2) is 4.79 Å². The molecule has 0 bridgehead atoms. The van der Waals surface area contributed by atoms with Gasteiger partial charge in [-0.15, -0.1) is 0 Å². The number of carbonyl (C=O) groups excluding carboxylic acids is 2. The van der Waals surface area contributed by atoms with Gasteiger partial charge in [-0.2, -0.15) is 0 Å². The zero-order valence-electron chi connectivity index (χ0n) is 18.5. The Morgan fingerprint density at radius 1 is 1.18 bits per heavy atom. The van der Waals surface area contributed by atoms with Crippen molar-refractivity contribution in [1.82, 2.24) is 0 Å². The Morgan fingerprint density at radius 2 is 1.94 bits per heavy atom. The number of hydrogen-bond donors (Lipinski definition) is 1. The molecule has 3 rings (SSSR count). The first-order chi connectivity index (χ1) is 15.9. The van der Waals surface area contributed by atoms with Gasteiger partial charge >= 0.3 is 5.97 Å². The van der Waals surface area contributed by atoms with Crippen LogP contribution in [-0.4, -0.2) is 51.9 Å². The zero-order chi connectivity index (χ0) is 23.8. The first-order valence-corrected chi connectivity index (χ1v) is 11.3. The van der Waals surface area contributed by atoms with Crippen molar-refractivity contribution in [3.05, 3.63) is 57.6 Å². The van der Waals surface area contributed by atoms with E-state index in [0.29, 0.717) is 65.5 Å². The Bertz CT molecular complexity index is 1040. The first kappa shape index (κ1) is 24.9. The highest BCUT2D eigenvalue weighted by Gasteiger charge is 2.20. The summed E-state index contributed by atoms with van der Waals surface area (Å²) in [6.45, 7) is 4.78. The van der Waals surface area contributed by atoms with E-state index in [4.69, 9.17) is 37.4 Å². The van der Waals surface area contributed by atoms with Crippen molar-refractivity contribution in [2.24, 2.45) is 0 Å². The van der Waals surface area contributed by atoms with Gasteiger partial charge in [0.25, 0.3) is 0 Å². The minimum absolute atomic E-state index is 0.324. The fourth-order valence-electron chi connectivity index (χ4n) is 3.40. The molecule has 33 heavy (non-hydrogen) atoms. The molecule has 1 N–H and O–H groups in total. The van der Waals surface area contributed by atoms with Crippen LogP contribution in [0.15, 0.2) is 36.4 Å². The lowest BCUT2D eigenvalue weighted by Crippen LogP contribution is -2.37. The fourth-order valence-corrected chi connectivity index (χ4v) is 3.98. The molecule has 1 saturated heterocycles. The smallest absolute Gasteiger partial charge is 0.340 e. The number of nitrogens with one attached hydrogen (secondary N) is 1. The van der Waals surface area contributed by atoms with Gasteiger partial charge in [-0.05, 0) is 42.8 Å². The van der Waals surface area contributed by atoms with Gasteiger partial charge in [0.2, 0.25) is 5.91 Å². The predicted molar refractivity (Wildman–Crippen MR) is 131 cm³/mol. The number of rotatable bonds is 8. The van der Waals surface area contributed by atoms with Crippen LogP contribution in [0.4, 0.5) is 11.4 Å². The highest BCUT2D eigenvalue weighted by atomic mass is 35.5. The van der Waals surface area contributed by atoms with Crippen LogP contribution in [0.1, 0.15) is 29.3 Å². The normalized spacial score (nSPS) is 13.8. The van der Waals surface area contributed by atoms with Crippen LogP contribution < -0.4 is 15.0 Å². The topological polar surface area (TPSA) is 77.1 Å². The lowest BCUT2D eigenvalue weighted by atomic mass is 10.1. The Labute approximate surface area is 203 Å². The number of nitrogens with zero attached hydrogens (tertiary/aromatic N) is 1. The quantitative estimate of drug-likeness (QED) is 0.410. The fraction of sp³-hybridized carbons (Fsp3) is 0.333. The largest absolute Gasteiger partial charge is 0.495 e. The van der Waals surface area contributed by atoms with Crippen LogP contribution >= 0.6 is 23.2 Å². The molecular formula is C24H26Cl2N2O5. The Hall–Kier alpha value is -2.74. The Morgan fingerprint density at radius 3 is 2.64 bits per heavy atom. The van der Waals surface area contributed by atoms with Gasteiger partial charge in [-0.3, -0.25) is 4.79 Å². The Balaban J connectivity index is 1.81. The number of ether oxygens (including phenoxy) is 3. The summed E-state index contributed by atoms with van der Waals surface area (Å²) in [5.41, 5.74) is 2.19. The van der Waals surface area contributed by atoms with Crippen LogP contribution in [0.5, 0.6) is 5.75 Å². The molecule has 2 aromatic carbocycles. The molecule has 9 heteroatoms. The summed E-state index contributed by atoms with van der Waals surface area (Å²) in [6.07, 6.45) is 3.62. The Kier molecular flexibility index (Phi) is 9.00. The molecular weight excluding hydrogens is 467 g/mol. The lowest BCUT2D eigenvalue weighted by molar-refractivity contribution is -0.111. The third kappa shape index (κ3) is 6.63. The van der Waals surface area contributed by atoms with Crippen LogP contribution in [0.25, 0.3) is 6.08 Å². The van der Waals surface area contributed by atoms with E-state index >= 15 is 0 Å². The summed E-state index contributed by atoms with van der Waals surface area (Å²) in [6, 6.07) is 8.41. The number of esters is 1. The van der Waals surface area contributed by atoms with Gasteiger partial charge in [-0.1, -0.05) is 30.1 Å². The van der Waals surface area contributed by atoms with Crippen molar-refractivity contribution in [2.45, 2.75) is 13.3 Å². The molecule has 0 saturated carbocycles. The number of hydrogen-bond acceptors (Lipinski definition) is 6. The van der Waals surface area contributed by atoms with E-state index in [1.165, 1.54) is 13.2 Å². The van der Waals surface area contributed by atoms with Crippen molar-refractivity contribution >= 4 is 52.5 Å². The van der Waals surface area contributed by atoms with Gasteiger partial charge in [0.05, 0.1) is 43.2 Å². The molecule has 176 valence electrons. The number of carbonyl (C=O) groups is 2. The van der Waals surface area contributed by atoms with Gasteiger partial charge in [0.1, 0.15) is 5.75 Å². The van der Waals surface area contributed by atoms with Gasteiger partial charge < -0.3 is 24.4 Å². The van der Waals surface area contributed by atoms with Crippen LogP contribution in [-0.2, 0) is 14.3 Å². The van der Waals surface area contributed by atoms with Gasteiger partial charge in [0, 0.05) is 35.4 Å². The number of halogens is 2. The van der Waals surface area contributed by atoms with E-state index in [9.17, 15) is 9.59 Å². The molecule has 0 atom stereocenters. The first-order valence-electron chi connectivity index (χ1n) is 10.6. The maximum absolute atomic E-state index is 12.7. The van der Waals surface area contributed by atoms with Crippen molar-refractivity contribution < 1.29 is 23.8 Å². The van der Waals surface area contributed by atoms with E-state index in [-0.39, 0.29) is 5.91 Å². The third-order valence-corrected chi connectivity index (χ3v) is 5.43. The number of benzene rings is 2. The van der Waals surface area contributed by atoms with E-state index in [0.717, 1.165) is 12.1 Å². The molecule has 0 unspecified atom stereocenters. The van der Waals surface area contributed by atoms with E-state index in [1.54, 1.807) is 30.3 Å². The van der Waals surface area contributed by atoms with Crippen molar-refractivity contribution in [1.29, 1.82) is 0 Å². The van der Waals surface area contributed by atoms with E-state index < -0.39 is 5.97 Å². The molecule has 0 aromatic heterocycles. The van der Waals surface area contributed by atoms with Crippen LogP contribution in [0.3, 0.4) is 0 Å². The summed E-state index contributed by atoms with van der Waals surface area (Å²) in [7, 11) is 1.49. The molecule has 0 radical (unpaired) electrons. The highest BCUT2D eigenvalue weighted by molar-refractivity contribution is 6.36. The minimum Gasteiger partial charge on any atom is -0.495 e. The number of amides is 1. The second-order valence-electron chi connectivity index (χ2n) is 7.30. The maximum atomic E-state index is 12.7. The van der Waals surface area contributed by atoms with Crippen molar-refractivity contribution in [3.63, 3.8) is 0 Å². The molecule has 0 aliphatic carbocycles. The SMILES string of the molecule is CCCOC(=O)c1cc(NC(=O)/C=C/c2cc(Cl)cc(Cl)c2OC)ccc1N1CCOCC1. The molecule has 1 aliphatic heterocycles. The monoisotopic (exact) mass is 492 g/mol. The van der Waals surface area contributed by atoms with Gasteiger partial charge in [0.15, 0.2) is 0 Å². The molecule has 1 amide bonds. The molecule has 2 aromatic rings. The lowest BCUT2D eigenvalue weighted by Gasteiger charge is -2.30. The number of morpholine rings is 1. The highest BCUT2D eigenvalue weighted by Crippen LogP contribution is 2.33. The number of anilines is 2. The zero-order valence-corrected chi connectivity index (χ0v) is 20.0. The predicted octanol–water partition coefficient (Wildman–Crippen LogP) is 5.06. The van der Waals surface area contributed by atoms with Crippen molar-refractivity contribution in [2.75, 3.05) is 50.2 Å². The average Bonchev–Trinajstić information content (AvgIpc) is 2.81. The second kappa shape index (κ2) is 11.9. The number of methoxy groups -OCH3 is 1. The second-order valence-corrected chi connectivity index (χ2v) is 8.14. The molecule has 7 nitrogen and oxygen atoms in total.